The number of fused-ring (bicyclic) bond motifs is 1. The highest BCUT2D eigenvalue weighted by Crippen LogP contribution is 2.52. The van der Waals surface area contributed by atoms with E-state index in [1.54, 1.807) is 6.07 Å². The number of ether oxygens (including phenoxy) is 2. The van der Waals surface area contributed by atoms with Gasteiger partial charge in [0.2, 0.25) is 11.8 Å². The molecule has 3 aromatic rings. The maximum atomic E-state index is 14.7. The number of aromatic nitrogens is 3. The zero-order chi connectivity index (χ0) is 19.0. The van der Waals surface area contributed by atoms with Crippen molar-refractivity contribution in [2.24, 2.45) is 0 Å². The summed E-state index contributed by atoms with van der Waals surface area (Å²) in [5.74, 6) is -0.0973. The zero-order valence-electron chi connectivity index (χ0n) is 14.8. The molecule has 1 N–H and O–H groups in total. The lowest BCUT2D eigenvalue weighted by Gasteiger charge is -2.11. The first-order chi connectivity index (χ1) is 13.0. The van der Waals surface area contributed by atoms with Gasteiger partial charge in [0.1, 0.15) is 11.6 Å². The van der Waals surface area contributed by atoms with Gasteiger partial charge in [-0.15, -0.1) is 11.3 Å². The highest BCUT2D eigenvalue weighted by atomic mass is 32.1. The molecule has 142 valence electrons. The van der Waals surface area contributed by atoms with Crippen molar-refractivity contribution in [1.29, 1.82) is 0 Å². The predicted octanol–water partition coefficient (Wildman–Crippen LogP) is 3.96. The number of hydrogen-bond acceptors (Lipinski definition) is 7. The summed E-state index contributed by atoms with van der Waals surface area (Å²) in [5.41, 5.74) is -0.958. The Hall–Kier alpha value is -2.39. The molecular weight excluding hydrogens is 374 g/mol. The minimum absolute atomic E-state index is 0.00632. The van der Waals surface area contributed by atoms with E-state index in [2.05, 4.69) is 20.3 Å². The van der Waals surface area contributed by atoms with E-state index in [1.165, 1.54) is 18.5 Å². The number of alkyl halides is 1. The third-order valence-electron chi connectivity index (χ3n) is 4.33. The standard InChI is InChI=1S/C18H18F2N4O2S/c1-10(21-2)9-25-13-7-23-14(8-22-13)26-12-4-3-11-16(15(12)19)27-17(24-11)18(20)5-6-18/h3-4,7-8,10,21H,5-6,9H2,1-2H3/t10-/m0/s1. The van der Waals surface area contributed by atoms with Crippen LogP contribution in [0.25, 0.3) is 10.2 Å². The molecular formula is C18H18F2N4O2S. The number of nitrogens with one attached hydrogen (secondary N) is 1. The molecule has 2 heterocycles. The van der Waals surface area contributed by atoms with Crippen LogP contribution in [0, 0.1) is 5.82 Å². The molecule has 2 aromatic heterocycles. The number of halogens is 2. The molecule has 0 saturated heterocycles. The van der Waals surface area contributed by atoms with Crippen molar-refractivity contribution in [3.05, 3.63) is 35.4 Å². The van der Waals surface area contributed by atoms with Crippen molar-refractivity contribution in [2.45, 2.75) is 31.5 Å². The largest absolute Gasteiger partial charge is 0.475 e. The molecule has 27 heavy (non-hydrogen) atoms. The van der Waals surface area contributed by atoms with E-state index in [1.807, 2.05) is 14.0 Å². The quantitative estimate of drug-likeness (QED) is 0.656. The van der Waals surface area contributed by atoms with Crippen LogP contribution in [0.2, 0.25) is 0 Å². The number of thiazole rings is 1. The van der Waals surface area contributed by atoms with Gasteiger partial charge in [-0.25, -0.2) is 23.7 Å². The molecule has 6 nitrogen and oxygen atoms in total. The van der Waals surface area contributed by atoms with Gasteiger partial charge in [-0.1, -0.05) is 0 Å². The molecule has 1 aliphatic rings. The van der Waals surface area contributed by atoms with Crippen LogP contribution >= 0.6 is 11.3 Å². The number of likely N-dealkylation sites (N-methyl/N-ethyl adjacent to an activating group) is 1. The molecule has 0 bridgehead atoms. The molecule has 0 unspecified atom stereocenters. The van der Waals surface area contributed by atoms with Crippen molar-refractivity contribution in [3.8, 4) is 17.5 Å². The van der Waals surface area contributed by atoms with Crippen molar-refractivity contribution in [1.82, 2.24) is 20.3 Å². The van der Waals surface area contributed by atoms with E-state index in [0.29, 0.717) is 35.9 Å². The Kier molecular flexibility index (Phi) is 4.65. The van der Waals surface area contributed by atoms with Crippen LogP contribution < -0.4 is 14.8 Å². The molecule has 1 saturated carbocycles. The zero-order valence-corrected chi connectivity index (χ0v) is 15.6. The van der Waals surface area contributed by atoms with Gasteiger partial charge >= 0.3 is 0 Å². The lowest BCUT2D eigenvalue weighted by atomic mass is 10.3. The fourth-order valence-electron chi connectivity index (χ4n) is 2.37. The topological polar surface area (TPSA) is 69.2 Å². The van der Waals surface area contributed by atoms with Gasteiger partial charge in [0.25, 0.3) is 0 Å². The minimum Gasteiger partial charge on any atom is -0.475 e. The van der Waals surface area contributed by atoms with Gasteiger partial charge in [-0.3, -0.25) is 0 Å². The number of benzene rings is 1. The first kappa shape index (κ1) is 18.0. The van der Waals surface area contributed by atoms with E-state index < -0.39 is 11.5 Å². The Morgan fingerprint density at radius 3 is 2.67 bits per heavy atom. The summed E-state index contributed by atoms with van der Waals surface area (Å²) in [4.78, 5) is 12.4. The maximum Gasteiger partial charge on any atom is 0.238 e. The first-order valence-electron chi connectivity index (χ1n) is 8.57. The van der Waals surface area contributed by atoms with Crippen LogP contribution in [-0.4, -0.2) is 34.6 Å². The van der Waals surface area contributed by atoms with Crippen LogP contribution in [0.4, 0.5) is 8.78 Å². The molecule has 1 fully saturated rings. The van der Waals surface area contributed by atoms with Gasteiger partial charge in [0.15, 0.2) is 17.2 Å². The summed E-state index contributed by atoms with van der Waals surface area (Å²) in [5, 5.41) is 3.37. The Morgan fingerprint density at radius 2 is 2.00 bits per heavy atom. The van der Waals surface area contributed by atoms with Crippen molar-refractivity contribution in [3.63, 3.8) is 0 Å². The fraction of sp³-hybridized carbons (Fsp3) is 0.389. The maximum absolute atomic E-state index is 14.7. The Balaban J connectivity index is 1.50. The van der Waals surface area contributed by atoms with Gasteiger partial charge < -0.3 is 14.8 Å². The second-order valence-electron chi connectivity index (χ2n) is 6.51. The SMILES string of the molecule is CN[C@@H](C)COc1cnc(Oc2ccc3nc(C4(F)CC4)sc3c2F)cn1. The molecule has 9 heteroatoms. The summed E-state index contributed by atoms with van der Waals surface area (Å²) < 4.78 is 40.2. The second kappa shape index (κ2) is 6.97. The summed E-state index contributed by atoms with van der Waals surface area (Å²) >= 11 is 1.03. The van der Waals surface area contributed by atoms with E-state index in [4.69, 9.17) is 9.47 Å². The smallest absolute Gasteiger partial charge is 0.238 e. The lowest BCUT2D eigenvalue weighted by Crippen LogP contribution is -2.28. The monoisotopic (exact) mass is 392 g/mol. The van der Waals surface area contributed by atoms with Crippen molar-refractivity contribution < 1.29 is 18.3 Å². The number of rotatable bonds is 7. The fourth-order valence-corrected chi connectivity index (χ4v) is 3.51. The summed E-state index contributed by atoms with van der Waals surface area (Å²) in [6, 6.07) is 3.25. The van der Waals surface area contributed by atoms with Crippen molar-refractivity contribution in [2.75, 3.05) is 13.7 Å². The van der Waals surface area contributed by atoms with Crippen LogP contribution in [0.1, 0.15) is 24.8 Å². The van der Waals surface area contributed by atoms with E-state index >= 15 is 0 Å². The van der Waals surface area contributed by atoms with Gasteiger partial charge in [-0.05, 0) is 38.9 Å². The van der Waals surface area contributed by atoms with Crippen LogP contribution in [0.5, 0.6) is 17.5 Å². The molecule has 1 aromatic carbocycles. The third-order valence-corrected chi connectivity index (χ3v) is 5.57. The minimum atomic E-state index is -1.39. The van der Waals surface area contributed by atoms with E-state index in [9.17, 15) is 8.78 Å². The highest BCUT2D eigenvalue weighted by molar-refractivity contribution is 7.18. The summed E-state index contributed by atoms with van der Waals surface area (Å²) in [6.07, 6.45) is 3.66. The molecule has 0 aliphatic heterocycles. The molecule has 0 radical (unpaired) electrons. The van der Waals surface area contributed by atoms with Crippen LogP contribution in [0.3, 0.4) is 0 Å². The lowest BCUT2D eigenvalue weighted by molar-refractivity contribution is 0.268. The average molecular weight is 392 g/mol. The summed E-state index contributed by atoms with van der Waals surface area (Å²) in [7, 11) is 1.84. The number of hydrogen-bond donors (Lipinski definition) is 1. The third kappa shape index (κ3) is 3.70. The Morgan fingerprint density at radius 1 is 1.26 bits per heavy atom. The predicted molar refractivity (Wildman–Crippen MR) is 97.7 cm³/mol. The van der Waals surface area contributed by atoms with Gasteiger partial charge in [-0.2, -0.15) is 0 Å². The van der Waals surface area contributed by atoms with Gasteiger partial charge in [0, 0.05) is 6.04 Å². The molecule has 1 aliphatic carbocycles. The molecule has 4 rings (SSSR count). The first-order valence-corrected chi connectivity index (χ1v) is 9.38. The average Bonchev–Trinajstić information content (AvgIpc) is 3.27. The summed E-state index contributed by atoms with van der Waals surface area (Å²) in [6.45, 7) is 2.42. The Labute approximate surface area is 158 Å². The molecule has 1 atom stereocenters. The number of nitrogens with zero attached hydrogens (tertiary/aromatic N) is 3. The Bertz CT molecular complexity index is 960. The molecule has 0 amide bonds. The highest BCUT2D eigenvalue weighted by Gasteiger charge is 2.48. The van der Waals surface area contributed by atoms with E-state index in [-0.39, 0.29) is 22.4 Å². The van der Waals surface area contributed by atoms with Crippen LogP contribution in [0.15, 0.2) is 24.5 Å². The van der Waals surface area contributed by atoms with Gasteiger partial charge in [0.05, 0.1) is 22.6 Å². The second-order valence-corrected chi connectivity index (χ2v) is 7.50. The van der Waals surface area contributed by atoms with Crippen molar-refractivity contribution >= 4 is 21.6 Å². The normalized spacial score (nSPS) is 16.3. The molecule has 0 spiro atoms. The van der Waals surface area contributed by atoms with E-state index in [0.717, 1.165) is 11.3 Å². The van der Waals surface area contributed by atoms with Crippen LogP contribution in [-0.2, 0) is 5.67 Å².